The van der Waals surface area contributed by atoms with Crippen molar-refractivity contribution in [3.63, 3.8) is 0 Å². The van der Waals surface area contributed by atoms with E-state index >= 15 is 0 Å². The van der Waals surface area contributed by atoms with E-state index in [9.17, 15) is 5.11 Å². The van der Waals surface area contributed by atoms with E-state index in [0.29, 0.717) is 13.2 Å². The van der Waals surface area contributed by atoms with Crippen LogP contribution in [0.4, 0.5) is 5.69 Å². The number of ether oxygens (including phenoxy) is 1. The van der Waals surface area contributed by atoms with Crippen LogP contribution in [-0.2, 0) is 0 Å². The van der Waals surface area contributed by atoms with Crippen LogP contribution in [0.1, 0.15) is 51.9 Å². The molecule has 0 aliphatic carbocycles. The maximum Gasteiger partial charge on any atom is 0.119 e. The standard InChI is InChI=1S/C27H38N2O2/c1-27(30,21-28-17-5-2-3-6-18-28)22-31-26-15-11-24(12-16-26)23-9-13-25(14-10-23)29-19-7-4-8-20-29/h9-16,30H,2-8,17-22H2,1H3. The molecule has 0 saturated carbocycles. The van der Waals surface area contributed by atoms with E-state index in [2.05, 4.69) is 46.2 Å². The molecule has 4 nitrogen and oxygen atoms in total. The summed E-state index contributed by atoms with van der Waals surface area (Å²) in [5.41, 5.74) is 2.90. The summed E-state index contributed by atoms with van der Waals surface area (Å²) in [5, 5.41) is 10.8. The number of hydrogen-bond acceptors (Lipinski definition) is 4. The van der Waals surface area contributed by atoms with Crippen LogP contribution in [0.2, 0.25) is 0 Å². The van der Waals surface area contributed by atoms with Crippen molar-refractivity contribution in [1.82, 2.24) is 4.90 Å². The molecule has 2 aliphatic heterocycles. The molecule has 4 heteroatoms. The highest BCUT2D eigenvalue weighted by Crippen LogP contribution is 2.27. The van der Waals surface area contributed by atoms with Gasteiger partial charge in [0.2, 0.25) is 0 Å². The first-order valence-electron chi connectivity index (χ1n) is 12.1. The highest BCUT2D eigenvalue weighted by Gasteiger charge is 2.25. The topological polar surface area (TPSA) is 35.9 Å². The second-order valence-electron chi connectivity index (χ2n) is 9.59. The molecule has 2 aromatic carbocycles. The molecule has 1 atom stereocenters. The van der Waals surface area contributed by atoms with Gasteiger partial charge in [-0.25, -0.2) is 0 Å². The largest absolute Gasteiger partial charge is 0.491 e. The molecular weight excluding hydrogens is 384 g/mol. The number of likely N-dealkylation sites (tertiary alicyclic amines) is 1. The Labute approximate surface area is 187 Å². The summed E-state index contributed by atoms with van der Waals surface area (Å²) < 4.78 is 5.95. The van der Waals surface area contributed by atoms with Crippen molar-refractivity contribution >= 4 is 5.69 Å². The molecule has 1 N–H and O–H groups in total. The van der Waals surface area contributed by atoms with Crippen LogP contribution < -0.4 is 9.64 Å². The molecule has 0 bridgehead atoms. The smallest absolute Gasteiger partial charge is 0.119 e. The number of benzene rings is 2. The summed E-state index contributed by atoms with van der Waals surface area (Å²) in [6, 6.07) is 17.1. The van der Waals surface area contributed by atoms with Crippen molar-refractivity contribution < 1.29 is 9.84 Å². The zero-order valence-electron chi connectivity index (χ0n) is 19.1. The molecule has 2 aromatic rings. The van der Waals surface area contributed by atoms with Gasteiger partial charge in [0, 0.05) is 25.3 Å². The zero-order chi connectivity index (χ0) is 21.5. The number of piperidine rings is 1. The summed E-state index contributed by atoms with van der Waals surface area (Å²) >= 11 is 0. The highest BCUT2D eigenvalue weighted by atomic mass is 16.5. The molecule has 0 amide bonds. The minimum Gasteiger partial charge on any atom is -0.491 e. The highest BCUT2D eigenvalue weighted by molar-refractivity contribution is 5.67. The Morgan fingerprint density at radius 2 is 1.26 bits per heavy atom. The molecule has 1 unspecified atom stereocenters. The Morgan fingerprint density at radius 3 is 1.87 bits per heavy atom. The number of anilines is 1. The maximum absolute atomic E-state index is 10.8. The van der Waals surface area contributed by atoms with E-state index in [4.69, 9.17) is 4.74 Å². The Hall–Kier alpha value is -2.04. The van der Waals surface area contributed by atoms with Crippen LogP contribution in [-0.4, -0.2) is 54.9 Å². The average molecular weight is 423 g/mol. The summed E-state index contributed by atoms with van der Waals surface area (Å²) in [5.74, 6) is 0.810. The van der Waals surface area contributed by atoms with E-state index in [1.165, 1.54) is 74.8 Å². The monoisotopic (exact) mass is 422 g/mol. The van der Waals surface area contributed by atoms with Gasteiger partial charge in [-0.3, -0.25) is 0 Å². The minimum absolute atomic E-state index is 0.313. The van der Waals surface area contributed by atoms with Crippen molar-refractivity contribution in [3.05, 3.63) is 48.5 Å². The van der Waals surface area contributed by atoms with Crippen LogP contribution in [0, 0.1) is 0 Å². The Bertz CT molecular complexity index is 787. The summed E-state index contributed by atoms with van der Waals surface area (Å²) in [6.07, 6.45) is 9.04. The van der Waals surface area contributed by atoms with Gasteiger partial charge in [-0.2, -0.15) is 0 Å². The molecule has 0 radical (unpaired) electrons. The van der Waals surface area contributed by atoms with Gasteiger partial charge in [-0.15, -0.1) is 0 Å². The van der Waals surface area contributed by atoms with Gasteiger partial charge in [0.1, 0.15) is 18.0 Å². The number of hydrogen-bond donors (Lipinski definition) is 1. The van der Waals surface area contributed by atoms with Crippen molar-refractivity contribution in [3.8, 4) is 16.9 Å². The molecule has 168 valence electrons. The van der Waals surface area contributed by atoms with Gasteiger partial charge in [0.05, 0.1) is 0 Å². The quantitative estimate of drug-likeness (QED) is 0.652. The van der Waals surface area contributed by atoms with Crippen LogP contribution in [0.25, 0.3) is 11.1 Å². The normalized spacial score (nSPS) is 20.1. The Kier molecular flexibility index (Phi) is 7.52. The number of β-amino-alcohol motifs (C(OH)–C–C–N with tert-alkyl or cyclic N) is 1. The molecule has 2 fully saturated rings. The average Bonchev–Trinajstić information content (AvgIpc) is 3.07. The summed E-state index contributed by atoms with van der Waals surface area (Å²) in [4.78, 5) is 4.87. The van der Waals surface area contributed by atoms with E-state index in [1.807, 2.05) is 19.1 Å². The van der Waals surface area contributed by atoms with Gasteiger partial charge >= 0.3 is 0 Å². The first-order valence-corrected chi connectivity index (χ1v) is 12.1. The van der Waals surface area contributed by atoms with Gasteiger partial charge in [0.15, 0.2) is 0 Å². The molecule has 2 heterocycles. The fraction of sp³-hybridized carbons (Fsp3) is 0.556. The van der Waals surface area contributed by atoms with Crippen LogP contribution >= 0.6 is 0 Å². The number of rotatable bonds is 7. The fourth-order valence-corrected chi connectivity index (χ4v) is 4.82. The number of aliphatic hydroxyl groups is 1. The Balaban J connectivity index is 1.30. The minimum atomic E-state index is -0.840. The lowest BCUT2D eigenvalue weighted by Gasteiger charge is -2.30. The van der Waals surface area contributed by atoms with Gasteiger partial charge < -0.3 is 19.6 Å². The molecule has 2 aliphatic rings. The van der Waals surface area contributed by atoms with E-state index in [1.54, 1.807) is 0 Å². The van der Waals surface area contributed by atoms with Crippen LogP contribution in [0.5, 0.6) is 5.75 Å². The third-order valence-electron chi connectivity index (χ3n) is 6.59. The van der Waals surface area contributed by atoms with Gasteiger partial charge in [0.25, 0.3) is 0 Å². The zero-order valence-corrected chi connectivity index (χ0v) is 19.1. The van der Waals surface area contributed by atoms with Crippen molar-refractivity contribution in [2.24, 2.45) is 0 Å². The van der Waals surface area contributed by atoms with E-state index in [0.717, 1.165) is 18.8 Å². The molecular formula is C27H38N2O2. The molecule has 0 aromatic heterocycles. The SMILES string of the molecule is CC(O)(COc1ccc(-c2ccc(N3CCCCC3)cc2)cc1)CN1CCCCCC1. The van der Waals surface area contributed by atoms with E-state index < -0.39 is 5.60 Å². The summed E-state index contributed by atoms with van der Waals surface area (Å²) in [7, 11) is 0. The third-order valence-corrected chi connectivity index (χ3v) is 6.59. The van der Waals surface area contributed by atoms with Gasteiger partial charge in [-0.1, -0.05) is 37.1 Å². The molecule has 4 rings (SSSR count). The van der Waals surface area contributed by atoms with Crippen molar-refractivity contribution in [2.75, 3.05) is 44.2 Å². The van der Waals surface area contributed by atoms with Gasteiger partial charge in [-0.05, 0) is 87.5 Å². The van der Waals surface area contributed by atoms with E-state index in [-0.39, 0.29) is 0 Å². The predicted octanol–water partition coefficient (Wildman–Crippen LogP) is 5.35. The first-order chi connectivity index (χ1) is 15.1. The molecule has 31 heavy (non-hydrogen) atoms. The lowest BCUT2D eigenvalue weighted by Crippen LogP contribution is -2.45. The fourth-order valence-electron chi connectivity index (χ4n) is 4.82. The second-order valence-corrected chi connectivity index (χ2v) is 9.59. The number of nitrogens with zero attached hydrogens (tertiary/aromatic N) is 2. The molecule has 0 spiro atoms. The predicted molar refractivity (Wildman–Crippen MR) is 129 cm³/mol. The lowest BCUT2D eigenvalue weighted by atomic mass is 10.0. The summed E-state index contributed by atoms with van der Waals surface area (Å²) in [6.45, 7) is 7.39. The van der Waals surface area contributed by atoms with Crippen LogP contribution in [0.15, 0.2) is 48.5 Å². The maximum atomic E-state index is 10.8. The third kappa shape index (κ3) is 6.47. The molecule has 2 saturated heterocycles. The second kappa shape index (κ2) is 10.5. The Morgan fingerprint density at radius 1 is 0.742 bits per heavy atom. The lowest BCUT2D eigenvalue weighted by molar-refractivity contribution is -0.0168. The van der Waals surface area contributed by atoms with Crippen molar-refractivity contribution in [2.45, 2.75) is 57.5 Å². The first kappa shape index (κ1) is 22.2. The van der Waals surface area contributed by atoms with Crippen LogP contribution in [0.3, 0.4) is 0 Å². The van der Waals surface area contributed by atoms with Crippen molar-refractivity contribution in [1.29, 1.82) is 0 Å².